The summed E-state index contributed by atoms with van der Waals surface area (Å²) in [4.78, 5) is 21.9. The number of aliphatic hydroxyl groups excluding tert-OH is 3. The molecule has 8 nitrogen and oxygen atoms in total. The number of esters is 2. The zero-order valence-electron chi connectivity index (χ0n) is 17.8. The van der Waals surface area contributed by atoms with Gasteiger partial charge in [-0.2, -0.15) is 0 Å². The van der Waals surface area contributed by atoms with Crippen LogP contribution >= 0.6 is 0 Å². The van der Waals surface area contributed by atoms with Crippen molar-refractivity contribution in [3.8, 4) is 0 Å². The van der Waals surface area contributed by atoms with Gasteiger partial charge >= 0.3 is 11.9 Å². The van der Waals surface area contributed by atoms with Crippen molar-refractivity contribution >= 4 is 20.3 Å². The van der Waals surface area contributed by atoms with E-state index in [0.717, 1.165) is 0 Å². The third-order valence-electron chi connectivity index (χ3n) is 4.09. The number of aliphatic hydroxyl groups is 3. The summed E-state index contributed by atoms with van der Waals surface area (Å²) in [5, 5.41) is 26.3. The van der Waals surface area contributed by atoms with Gasteiger partial charge in [0.1, 0.15) is 0 Å². The topological polar surface area (TPSA) is 123 Å². The van der Waals surface area contributed by atoms with Crippen LogP contribution in [0.15, 0.2) is 0 Å². The molecule has 0 amide bonds. The summed E-state index contributed by atoms with van der Waals surface area (Å²) >= 11 is 0. The quantitative estimate of drug-likeness (QED) is 0.367. The van der Waals surface area contributed by atoms with Crippen molar-refractivity contribution in [1.29, 1.82) is 0 Å². The fraction of sp³-hybridized carbons (Fsp3) is 0.889. The van der Waals surface area contributed by atoms with Gasteiger partial charge in [-0.05, 0) is 32.0 Å². The predicted molar refractivity (Wildman–Crippen MR) is 105 cm³/mol. The minimum absolute atomic E-state index is 0.0646. The van der Waals surface area contributed by atoms with Gasteiger partial charge in [0.2, 0.25) is 0 Å². The highest BCUT2D eigenvalue weighted by molar-refractivity contribution is 6.74. The number of carbonyl (C=O) groups excluding carboxylic acids is 2. The maximum atomic E-state index is 11.3. The maximum Gasteiger partial charge on any atom is 0.308 e. The van der Waals surface area contributed by atoms with Crippen LogP contribution in [0.1, 0.15) is 47.5 Å². The molecular formula is C18H38O8Si. The monoisotopic (exact) mass is 410 g/mol. The Morgan fingerprint density at radius 1 is 0.926 bits per heavy atom. The van der Waals surface area contributed by atoms with E-state index in [1.165, 1.54) is 0 Å². The molecule has 0 fully saturated rings. The highest BCUT2D eigenvalue weighted by Gasteiger charge is 2.39. The third kappa shape index (κ3) is 13.8. The van der Waals surface area contributed by atoms with E-state index in [9.17, 15) is 14.7 Å². The van der Waals surface area contributed by atoms with Crippen LogP contribution in [0.25, 0.3) is 0 Å². The average Bonchev–Trinajstić information content (AvgIpc) is 2.53. The Bertz CT molecular complexity index is 420. The fourth-order valence-corrected chi connectivity index (χ4v) is 2.96. The van der Waals surface area contributed by atoms with Crippen molar-refractivity contribution in [2.45, 2.75) is 77.8 Å². The lowest BCUT2D eigenvalue weighted by atomic mass is 10.2. The van der Waals surface area contributed by atoms with Crippen molar-refractivity contribution < 1.29 is 38.8 Å². The second-order valence-electron chi connectivity index (χ2n) is 7.54. The highest BCUT2D eigenvalue weighted by Crippen LogP contribution is 2.37. The Kier molecular flexibility index (Phi) is 14.7. The molecule has 0 aromatic heterocycles. The molecule has 0 aliphatic heterocycles. The molecule has 0 rings (SSSR count). The Morgan fingerprint density at radius 2 is 1.37 bits per heavy atom. The summed E-state index contributed by atoms with van der Waals surface area (Å²) in [5.74, 6) is -0.797. The third-order valence-corrected chi connectivity index (χ3v) is 8.62. The predicted octanol–water partition coefficient (Wildman–Crippen LogP) is 1.62. The minimum Gasteiger partial charge on any atom is -0.466 e. The van der Waals surface area contributed by atoms with E-state index in [2.05, 4.69) is 38.6 Å². The van der Waals surface area contributed by atoms with E-state index < -0.39 is 33.1 Å². The SMILES string of the molecule is CCOC(=O)C[C@@H](CO)O[Si](C)(C)C(C)(C)C.CCOC(=O)C[C@H](O)CO. The molecule has 0 aliphatic carbocycles. The van der Waals surface area contributed by atoms with Crippen LogP contribution in [0, 0.1) is 0 Å². The van der Waals surface area contributed by atoms with Crippen LogP contribution in [-0.4, -0.2) is 74.2 Å². The highest BCUT2D eigenvalue weighted by atomic mass is 28.4. The summed E-state index contributed by atoms with van der Waals surface area (Å²) in [6.07, 6.45) is -1.45. The number of rotatable bonds is 10. The molecule has 27 heavy (non-hydrogen) atoms. The summed E-state index contributed by atoms with van der Waals surface area (Å²) in [6.45, 7) is 14.1. The van der Waals surface area contributed by atoms with Gasteiger partial charge < -0.3 is 29.2 Å². The smallest absolute Gasteiger partial charge is 0.308 e. The van der Waals surface area contributed by atoms with E-state index in [4.69, 9.17) is 19.4 Å². The Balaban J connectivity index is 0. The van der Waals surface area contributed by atoms with Crippen molar-refractivity contribution in [1.82, 2.24) is 0 Å². The van der Waals surface area contributed by atoms with Gasteiger partial charge in [0, 0.05) is 0 Å². The standard InChI is InChI=1S/C12H26O4Si.C6H12O4/c1-7-15-11(14)8-10(9-13)16-17(5,6)12(2,3)4;1-2-10-6(9)3-5(8)4-7/h10,13H,7-9H2,1-6H3;5,7-8H,2-4H2,1H3/t10-;5-/m00/s1. The molecule has 0 saturated carbocycles. The van der Waals surface area contributed by atoms with E-state index >= 15 is 0 Å². The average molecular weight is 411 g/mol. The molecular weight excluding hydrogens is 372 g/mol. The molecule has 0 aromatic rings. The van der Waals surface area contributed by atoms with Crippen molar-refractivity contribution in [2.24, 2.45) is 0 Å². The van der Waals surface area contributed by atoms with E-state index in [1.807, 2.05) is 0 Å². The van der Waals surface area contributed by atoms with Gasteiger partial charge in [0.25, 0.3) is 0 Å². The molecule has 2 atom stereocenters. The van der Waals surface area contributed by atoms with Crippen LogP contribution in [0.4, 0.5) is 0 Å². The summed E-state index contributed by atoms with van der Waals surface area (Å²) in [5.41, 5.74) is 0. The summed E-state index contributed by atoms with van der Waals surface area (Å²) in [7, 11) is -1.95. The second-order valence-corrected chi connectivity index (χ2v) is 12.3. The molecule has 0 spiro atoms. The van der Waals surface area contributed by atoms with Gasteiger partial charge in [-0.25, -0.2) is 0 Å². The van der Waals surface area contributed by atoms with Crippen molar-refractivity contribution in [3.63, 3.8) is 0 Å². The molecule has 0 bridgehead atoms. The summed E-state index contributed by atoms with van der Waals surface area (Å²) < 4.78 is 15.3. The number of hydrogen-bond acceptors (Lipinski definition) is 8. The van der Waals surface area contributed by atoms with Crippen molar-refractivity contribution in [3.05, 3.63) is 0 Å². The second kappa shape index (κ2) is 14.1. The van der Waals surface area contributed by atoms with Crippen LogP contribution in [0.2, 0.25) is 18.1 Å². The zero-order valence-corrected chi connectivity index (χ0v) is 18.8. The van der Waals surface area contributed by atoms with Crippen LogP contribution in [-0.2, 0) is 23.5 Å². The molecule has 0 heterocycles. The molecule has 0 saturated heterocycles. The van der Waals surface area contributed by atoms with Gasteiger partial charge in [-0.1, -0.05) is 20.8 Å². The van der Waals surface area contributed by atoms with E-state index in [0.29, 0.717) is 13.2 Å². The lowest BCUT2D eigenvalue weighted by Gasteiger charge is -2.38. The number of hydrogen-bond donors (Lipinski definition) is 3. The Labute approximate surface area is 163 Å². The van der Waals surface area contributed by atoms with E-state index in [-0.39, 0.29) is 30.5 Å². The maximum absolute atomic E-state index is 11.3. The molecule has 3 N–H and O–H groups in total. The normalized spacial score (nSPS) is 13.9. The molecule has 162 valence electrons. The Morgan fingerprint density at radius 3 is 1.70 bits per heavy atom. The molecule has 9 heteroatoms. The Hall–Kier alpha value is -1.00. The lowest BCUT2D eigenvalue weighted by Crippen LogP contribution is -2.45. The number of carbonyl (C=O) groups is 2. The van der Waals surface area contributed by atoms with Crippen LogP contribution in [0.3, 0.4) is 0 Å². The first kappa shape index (κ1) is 28.2. The summed E-state index contributed by atoms with van der Waals surface area (Å²) in [6, 6.07) is 0. The van der Waals surface area contributed by atoms with Crippen LogP contribution < -0.4 is 0 Å². The largest absolute Gasteiger partial charge is 0.466 e. The first-order valence-electron chi connectivity index (χ1n) is 9.23. The molecule has 0 aliphatic rings. The van der Waals surface area contributed by atoms with Gasteiger partial charge in [0.05, 0.1) is 51.5 Å². The van der Waals surface area contributed by atoms with Gasteiger partial charge in [0.15, 0.2) is 8.32 Å². The molecule has 0 unspecified atom stereocenters. The van der Waals surface area contributed by atoms with E-state index in [1.54, 1.807) is 13.8 Å². The minimum atomic E-state index is -1.95. The van der Waals surface area contributed by atoms with Crippen LogP contribution in [0.5, 0.6) is 0 Å². The molecule has 0 radical (unpaired) electrons. The first-order valence-corrected chi connectivity index (χ1v) is 12.1. The zero-order chi connectivity index (χ0) is 21.7. The molecule has 0 aromatic carbocycles. The fourth-order valence-electron chi connectivity index (χ4n) is 1.62. The van der Waals surface area contributed by atoms with Crippen molar-refractivity contribution in [2.75, 3.05) is 26.4 Å². The van der Waals surface area contributed by atoms with Gasteiger partial charge in [-0.15, -0.1) is 0 Å². The van der Waals surface area contributed by atoms with Gasteiger partial charge in [-0.3, -0.25) is 9.59 Å². The number of ether oxygens (including phenoxy) is 2. The first-order chi connectivity index (χ1) is 12.3. The lowest BCUT2D eigenvalue weighted by molar-refractivity contribution is -0.146.